The van der Waals surface area contributed by atoms with Crippen LogP contribution >= 0.6 is 11.6 Å². The Kier molecular flexibility index (Phi) is 8.48. The van der Waals surface area contributed by atoms with Crippen LogP contribution in [-0.2, 0) is 4.79 Å². The zero-order chi connectivity index (χ0) is 24.5. The highest BCUT2D eigenvalue weighted by molar-refractivity contribution is 6.32. The van der Waals surface area contributed by atoms with Crippen molar-refractivity contribution in [2.45, 2.75) is 6.92 Å². The maximum absolute atomic E-state index is 12.9. The molecule has 8 nitrogen and oxygen atoms in total. The Morgan fingerprint density at radius 1 is 0.853 bits per heavy atom. The molecule has 0 atom stereocenters. The van der Waals surface area contributed by atoms with Crippen LogP contribution in [0.1, 0.15) is 27.6 Å². The molecular formula is C25H24ClN3O5. The molecule has 0 aliphatic rings. The van der Waals surface area contributed by atoms with E-state index in [0.29, 0.717) is 34.3 Å². The summed E-state index contributed by atoms with van der Waals surface area (Å²) in [7, 11) is 1.50. The summed E-state index contributed by atoms with van der Waals surface area (Å²) in [6.07, 6.45) is 0. The number of anilines is 2. The molecule has 3 aromatic carbocycles. The Bertz CT molecular complexity index is 1200. The van der Waals surface area contributed by atoms with Gasteiger partial charge < -0.3 is 25.4 Å². The monoisotopic (exact) mass is 481 g/mol. The van der Waals surface area contributed by atoms with Crippen molar-refractivity contribution in [2.75, 3.05) is 30.9 Å². The van der Waals surface area contributed by atoms with Gasteiger partial charge >= 0.3 is 0 Å². The number of ether oxygens (including phenoxy) is 2. The second kappa shape index (κ2) is 11.7. The SMILES string of the molecule is CCNC(=O)c1cccc(NC(=O)c2ccccc2OCC(=O)Nc2ccc(OC)c(Cl)c2)c1. The highest BCUT2D eigenvalue weighted by atomic mass is 35.5. The van der Waals surface area contributed by atoms with Crippen molar-refractivity contribution in [2.24, 2.45) is 0 Å². The van der Waals surface area contributed by atoms with E-state index in [4.69, 9.17) is 21.1 Å². The van der Waals surface area contributed by atoms with E-state index in [1.807, 2.05) is 6.92 Å². The van der Waals surface area contributed by atoms with Gasteiger partial charge in [-0.3, -0.25) is 14.4 Å². The van der Waals surface area contributed by atoms with Gasteiger partial charge in [0.15, 0.2) is 6.61 Å². The third kappa shape index (κ3) is 6.49. The van der Waals surface area contributed by atoms with Crippen molar-refractivity contribution >= 4 is 40.7 Å². The van der Waals surface area contributed by atoms with Crippen molar-refractivity contribution in [3.8, 4) is 11.5 Å². The molecule has 0 saturated heterocycles. The first-order valence-electron chi connectivity index (χ1n) is 10.5. The van der Waals surface area contributed by atoms with Crippen LogP contribution < -0.4 is 25.4 Å². The summed E-state index contributed by atoms with van der Waals surface area (Å²) in [5, 5.41) is 8.51. The summed E-state index contributed by atoms with van der Waals surface area (Å²) < 4.78 is 10.7. The number of rotatable bonds is 9. The molecule has 3 aromatic rings. The zero-order valence-electron chi connectivity index (χ0n) is 18.7. The molecule has 0 aromatic heterocycles. The molecule has 176 valence electrons. The fraction of sp³-hybridized carbons (Fsp3) is 0.160. The van der Waals surface area contributed by atoms with Crippen LogP contribution in [0.3, 0.4) is 0 Å². The average Bonchev–Trinajstić information content (AvgIpc) is 2.83. The smallest absolute Gasteiger partial charge is 0.262 e. The van der Waals surface area contributed by atoms with Gasteiger partial charge in [-0.05, 0) is 55.5 Å². The van der Waals surface area contributed by atoms with Crippen LogP contribution in [0, 0.1) is 0 Å². The molecule has 34 heavy (non-hydrogen) atoms. The molecule has 0 unspecified atom stereocenters. The van der Waals surface area contributed by atoms with E-state index in [1.165, 1.54) is 7.11 Å². The first-order chi connectivity index (χ1) is 16.4. The number of halogens is 1. The summed E-state index contributed by atoms with van der Waals surface area (Å²) in [5.41, 5.74) is 1.61. The molecule has 3 rings (SSSR count). The van der Waals surface area contributed by atoms with E-state index >= 15 is 0 Å². The van der Waals surface area contributed by atoms with E-state index in [-0.39, 0.29) is 23.8 Å². The standard InChI is InChI=1S/C25H24ClN3O5/c1-3-27-24(31)16-7-6-8-17(13-16)29-25(32)19-9-4-5-10-21(19)34-15-23(30)28-18-11-12-22(33-2)20(26)14-18/h4-14H,3,15H2,1-2H3,(H,27,31)(H,28,30)(H,29,32). The maximum atomic E-state index is 12.9. The molecule has 9 heteroatoms. The molecule has 0 aliphatic heterocycles. The average molecular weight is 482 g/mol. The molecule has 0 radical (unpaired) electrons. The highest BCUT2D eigenvalue weighted by Gasteiger charge is 2.15. The van der Waals surface area contributed by atoms with Crippen LogP contribution in [0.2, 0.25) is 5.02 Å². The second-order valence-corrected chi connectivity index (χ2v) is 7.48. The van der Waals surface area contributed by atoms with Gasteiger partial charge in [0, 0.05) is 23.5 Å². The van der Waals surface area contributed by atoms with E-state index in [1.54, 1.807) is 66.7 Å². The lowest BCUT2D eigenvalue weighted by atomic mass is 10.1. The Hall–Kier alpha value is -4.04. The third-order valence-electron chi connectivity index (χ3n) is 4.65. The lowest BCUT2D eigenvalue weighted by molar-refractivity contribution is -0.118. The Morgan fingerprint density at radius 2 is 1.62 bits per heavy atom. The van der Waals surface area contributed by atoms with Gasteiger partial charge in [0.05, 0.1) is 17.7 Å². The summed E-state index contributed by atoms with van der Waals surface area (Å²) in [4.78, 5) is 37.2. The lowest BCUT2D eigenvalue weighted by Crippen LogP contribution is -2.23. The van der Waals surface area contributed by atoms with E-state index in [9.17, 15) is 14.4 Å². The number of benzene rings is 3. The molecule has 0 saturated carbocycles. The summed E-state index contributed by atoms with van der Waals surface area (Å²) in [6, 6.07) is 18.0. The van der Waals surface area contributed by atoms with Crippen molar-refractivity contribution in [3.63, 3.8) is 0 Å². The van der Waals surface area contributed by atoms with Crippen LogP contribution in [0.15, 0.2) is 66.7 Å². The van der Waals surface area contributed by atoms with Crippen LogP contribution in [0.25, 0.3) is 0 Å². The second-order valence-electron chi connectivity index (χ2n) is 7.08. The first-order valence-corrected chi connectivity index (χ1v) is 10.8. The minimum atomic E-state index is -0.439. The Morgan fingerprint density at radius 3 is 2.35 bits per heavy atom. The minimum absolute atomic E-state index is 0.230. The van der Waals surface area contributed by atoms with Crippen LogP contribution in [0.4, 0.5) is 11.4 Å². The van der Waals surface area contributed by atoms with Crippen molar-refractivity contribution in [3.05, 3.63) is 82.9 Å². The molecule has 0 heterocycles. The summed E-state index contributed by atoms with van der Waals surface area (Å²) in [6.45, 7) is 2.01. The fourth-order valence-electron chi connectivity index (χ4n) is 3.06. The van der Waals surface area contributed by atoms with Crippen molar-refractivity contribution < 1.29 is 23.9 Å². The van der Waals surface area contributed by atoms with Crippen molar-refractivity contribution in [1.29, 1.82) is 0 Å². The maximum Gasteiger partial charge on any atom is 0.262 e. The van der Waals surface area contributed by atoms with E-state index in [0.717, 1.165) is 0 Å². The predicted octanol–water partition coefficient (Wildman–Crippen LogP) is 4.37. The number of hydrogen-bond donors (Lipinski definition) is 3. The predicted molar refractivity (Wildman–Crippen MR) is 131 cm³/mol. The highest BCUT2D eigenvalue weighted by Crippen LogP contribution is 2.27. The van der Waals surface area contributed by atoms with Gasteiger partial charge in [0.25, 0.3) is 17.7 Å². The van der Waals surface area contributed by atoms with Gasteiger partial charge in [0.2, 0.25) is 0 Å². The number of para-hydroxylation sites is 1. The molecule has 0 aliphatic carbocycles. The van der Waals surface area contributed by atoms with Crippen molar-refractivity contribution in [1.82, 2.24) is 5.32 Å². The van der Waals surface area contributed by atoms with Gasteiger partial charge in [-0.1, -0.05) is 29.8 Å². The van der Waals surface area contributed by atoms with E-state index < -0.39 is 11.8 Å². The summed E-state index contributed by atoms with van der Waals surface area (Å²) >= 11 is 6.08. The number of hydrogen-bond acceptors (Lipinski definition) is 5. The first kappa shape index (κ1) is 24.6. The topological polar surface area (TPSA) is 106 Å². The third-order valence-corrected chi connectivity index (χ3v) is 4.94. The number of methoxy groups -OCH3 is 1. The molecule has 0 bridgehead atoms. The molecule has 3 N–H and O–H groups in total. The quantitative estimate of drug-likeness (QED) is 0.421. The van der Waals surface area contributed by atoms with Gasteiger partial charge in [-0.25, -0.2) is 0 Å². The lowest BCUT2D eigenvalue weighted by Gasteiger charge is -2.13. The Labute approximate surface area is 202 Å². The summed E-state index contributed by atoms with van der Waals surface area (Å²) in [5.74, 6) is -0.362. The van der Waals surface area contributed by atoms with Gasteiger partial charge in [-0.15, -0.1) is 0 Å². The molecular weight excluding hydrogens is 458 g/mol. The minimum Gasteiger partial charge on any atom is -0.495 e. The van der Waals surface area contributed by atoms with Gasteiger partial charge in [-0.2, -0.15) is 0 Å². The largest absolute Gasteiger partial charge is 0.495 e. The molecule has 3 amide bonds. The van der Waals surface area contributed by atoms with Crippen LogP contribution in [0.5, 0.6) is 11.5 Å². The Balaban J connectivity index is 1.64. The molecule has 0 fully saturated rings. The fourth-order valence-corrected chi connectivity index (χ4v) is 3.32. The van der Waals surface area contributed by atoms with E-state index in [2.05, 4.69) is 16.0 Å². The normalized spacial score (nSPS) is 10.2. The molecule has 0 spiro atoms. The van der Waals surface area contributed by atoms with Gasteiger partial charge in [0.1, 0.15) is 11.5 Å². The zero-order valence-corrected chi connectivity index (χ0v) is 19.4. The number of carbonyl (C=O) groups is 3. The number of nitrogens with one attached hydrogen (secondary N) is 3. The number of carbonyl (C=O) groups excluding carboxylic acids is 3. The number of amides is 3. The van der Waals surface area contributed by atoms with Crippen LogP contribution in [-0.4, -0.2) is 38.0 Å².